The van der Waals surface area contributed by atoms with Crippen LogP contribution in [0.3, 0.4) is 0 Å². The van der Waals surface area contributed by atoms with Crippen LogP contribution in [0.2, 0.25) is 0 Å². The Balaban J connectivity index is 1.70. The van der Waals surface area contributed by atoms with Crippen molar-refractivity contribution < 1.29 is 47.4 Å². The maximum Gasteiger partial charge on any atom is 0.0732 e. The van der Waals surface area contributed by atoms with Gasteiger partial charge in [0.05, 0.1) is 132 Å². The van der Waals surface area contributed by atoms with Crippen LogP contribution in [0.25, 0.3) is 19.5 Å². The van der Waals surface area contributed by atoms with Crippen molar-refractivity contribution >= 4 is 49.9 Å². The molecule has 3 aromatic rings. The second-order valence-electron chi connectivity index (χ2n) is 15.2. The predicted molar refractivity (Wildman–Crippen MR) is 261 cm³/mol. The number of thiophene rings is 3. The maximum absolute atomic E-state index is 6.26. The van der Waals surface area contributed by atoms with Gasteiger partial charge in [-0.15, -0.1) is 34.0 Å². The Labute approximate surface area is 395 Å². The van der Waals surface area contributed by atoms with Gasteiger partial charge in [0.2, 0.25) is 0 Å². The Morgan fingerprint density at radius 2 is 0.806 bits per heavy atom. The van der Waals surface area contributed by atoms with E-state index in [1.54, 1.807) is 25.3 Å². The van der Waals surface area contributed by atoms with Crippen molar-refractivity contribution in [3.63, 3.8) is 0 Å². The van der Waals surface area contributed by atoms with E-state index in [1.807, 2.05) is 34.0 Å². The molecule has 0 fully saturated rings. The molecule has 0 aromatic carbocycles. The molecule has 3 heterocycles. The third-order valence-corrected chi connectivity index (χ3v) is 14.5. The van der Waals surface area contributed by atoms with Gasteiger partial charge in [0, 0.05) is 24.0 Å². The summed E-state index contributed by atoms with van der Waals surface area (Å²) in [5.41, 5.74) is 5.59. The minimum absolute atomic E-state index is 0.527. The summed E-state index contributed by atoms with van der Waals surface area (Å²) < 4.78 is 57.3. The molecule has 3 rings (SSSR count). The molecule has 62 heavy (non-hydrogen) atoms. The Kier molecular flexibility index (Phi) is 34.3. The van der Waals surface area contributed by atoms with Gasteiger partial charge in [-0.25, -0.2) is 0 Å². The molecule has 0 N–H and O–H groups in total. The number of halogens is 1. The van der Waals surface area contributed by atoms with Gasteiger partial charge in [0.1, 0.15) is 0 Å². The summed E-state index contributed by atoms with van der Waals surface area (Å²) in [5.74, 6) is 0. The fourth-order valence-corrected chi connectivity index (χ4v) is 11.2. The summed E-state index contributed by atoms with van der Waals surface area (Å²) in [5, 5.41) is 2.23. The van der Waals surface area contributed by atoms with Crippen molar-refractivity contribution in [3.8, 4) is 19.5 Å². The highest BCUT2D eigenvalue weighted by Gasteiger charge is 2.25. The van der Waals surface area contributed by atoms with E-state index in [9.17, 15) is 0 Å². The standard InChI is InChI=1S/C48H79BrO10S3/c1-5-7-9-11-13-15-17-42-43(18-16-14-12-10-8-6-2)48(46-41(37-44(49)61-46)39-59-35-33-57-31-29-55-27-25-53-23-21-51-4)62-47(42)45-40(19-36-60-45)38-58-34-32-56-30-28-54-26-24-52-22-20-50-3/h19,36-37H,5-18,20-35,38-39H2,1-4H3. The molecule has 0 radical (unpaired) electrons. The number of hydrogen-bond acceptors (Lipinski definition) is 13. The topological polar surface area (TPSA) is 92.3 Å². The van der Waals surface area contributed by atoms with Crippen molar-refractivity contribution in [3.05, 3.63) is 43.6 Å². The van der Waals surface area contributed by atoms with Crippen molar-refractivity contribution in [1.29, 1.82) is 0 Å². The normalized spacial score (nSPS) is 11.8. The van der Waals surface area contributed by atoms with Gasteiger partial charge in [-0.2, -0.15) is 0 Å². The van der Waals surface area contributed by atoms with Crippen molar-refractivity contribution in [2.24, 2.45) is 0 Å². The molecule has 0 aliphatic heterocycles. The van der Waals surface area contributed by atoms with E-state index in [-0.39, 0.29) is 0 Å². The lowest BCUT2D eigenvalue weighted by Crippen LogP contribution is -2.12. The summed E-state index contributed by atoms with van der Waals surface area (Å²) in [6.07, 6.45) is 17.6. The molecule has 0 saturated heterocycles. The first-order chi connectivity index (χ1) is 30.6. The summed E-state index contributed by atoms with van der Waals surface area (Å²) in [6, 6.07) is 4.50. The van der Waals surface area contributed by atoms with Gasteiger partial charge in [-0.3, -0.25) is 0 Å². The van der Waals surface area contributed by atoms with Crippen molar-refractivity contribution in [2.45, 2.75) is 117 Å². The fourth-order valence-electron chi connectivity index (χ4n) is 6.87. The van der Waals surface area contributed by atoms with Crippen molar-refractivity contribution in [1.82, 2.24) is 0 Å². The molecule has 0 atom stereocenters. The van der Waals surface area contributed by atoms with Gasteiger partial charge >= 0.3 is 0 Å². The number of ether oxygens (including phenoxy) is 10. The first-order valence-corrected chi connectivity index (χ1v) is 26.5. The Bertz CT molecular complexity index is 1480. The highest BCUT2D eigenvalue weighted by atomic mass is 79.9. The third-order valence-electron chi connectivity index (χ3n) is 10.2. The van der Waals surface area contributed by atoms with E-state index >= 15 is 0 Å². The van der Waals surface area contributed by atoms with E-state index in [2.05, 4.69) is 47.3 Å². The van der Waals surface area contributed by atoms with Gasteiger partial charge in [0.15, 0.2) is 0 Å². The molecule has 0 saturated carbocycles. The van der Waals surface area contributed by atoms with Crippen LogP contribution in [0.15, 0.2) is 21.3 Å². The van der Waals surface area contributed by atoms with Crippen LogP contribution in [0, 0.1) is 0 Å². The van der Waals surface area contributed by atoms with E-state index in [4.69, 9.17) is 47.4 Å². The number of unbranched alkanes of at least 4 members (excludes halogenated alkanes) is 10. The molecule has 0 unspecified atom stereocenters. The second-order valence-corrected chi connectivity index (χ2v) is 19.6. The molecule has 10 nitrogen and oxygen atoms in total. The van der Waals surface area contributed by atoms with E-state index in [0.717, 1.165) is 16.6 Å². The van der Waals surface area contributed by atoms with Crippen LogP contribution in [-0.4, -0.2) is 120 Å². The van der Waals surface area contributed by atoms with Gasteiger partial charge < -0.3 is 47.4 Å². The lowest BCUT2D eigenvalue weighted by atomic mass is 9.95. The zero-order valence-corrected chi connectivity index (χ0v) is 42.6. The lowest BCUT2D eigenvalue weighted by Gasteiger charge is -2.12. The predicted octanol–water partition coefficient (Wildman–Crippen LogP) is 12.2. The minimum atomic E-state index is 0.527. The Morgan fingerprint density at radius 3 is 1.26 bits per heavy atom. The second kappa shape index (κ2) is 38.3. The van der Waals surface area contributed by atoms with Crippen LogP contribution in [-0.2, 0) is 73.4 Å². The zero-order chi connectivity index (χ0) is 44.1. The molecular weight excluding hydrogens is 913 g/mol. The van der Waals surface area contributed by atoms with Crippen LogP contribution in [0.1, 0.15) is 113 Å². The number of methoxy groups -OCH3 is 2. The average Bonchev–Trinajstić information content (AvgIpc) is 4.00. The molecule has 0 aliphatic carbocycles. The van der Waals surface area contributed by atoms with Gasteiger partial charge in [-0.1, -0.05) is 78.1 Å². The first-order valence-electron chi connectivity index (χ1n) is 23.2. The van der Waals surface area contributed by atoms with Crippen LogP contribution < -0.4 is 0 Å². The third kappa shape index (κ3) is 24.1. The SMILES string of the molecule is CCCCCCCCc1c(-c2sccc2COCCOCCOCCOCCOC)sc(-c2sc(Br)cc2COCCOCCOCCOCCOC)c1CCCCCCCC. The van der Waals surface area contributed by atoms with E-state index < -0.39 is 0 Å². The zero-order valence-electron chi connectivity index (χ0n) is 38.5. The Hall–Kier alpha value is -0.820. The highest BCUT2D eigenvalue weighted by Crippen LogP contribution is 2.50. The summed E-state index contributed by atoms with van der Waals surface area (Å²) >= 11 is 9.54. The molecule has 0 amide bonds. The van der Waals surface area contributed by atoms with Crippen LogP contribution in [0.4, 0.5) is 0 Å². The number of rotatable bonds is 44. The minimum Gasteiger partial charge on any atom is -0.382 e. The summed E-state index contributed by atoms with van der Waals surface area (Å²) in [6.45, 7) is 14.5. The fraction of sp³-hybridized carbons (Fsp3) is 0.750. The van der Waals surface area contributed by atoms with E-state index in [1.165, 1.54) is 108 Å². The monoisotopic (exact) mass is 990 g/mol. The maximum atomic E-state index is 6.26. The first kappa shape index (κ1) is 55.5. The average molecular weight is 992 g/mol. The summed E-state index contributed by atoms with van der Waals surface area (Å²) in [7, 11) is 3.34. The lowest BCUT2D eigenvalue weighted by molar-refractivity contribution is -0.00943. The van der Waals surface area contributed by atoms with Crippen LogP contribution >= 0.6 is 49.9 Å². The van der Waals surface area contributed by atoms with Gasteiger partial charge in [0.25, 0.3) is 0 Å². The van der Waals surface area contributed by atoms with Gasteiger partial charge in [-0.05, 0) is 81.4 Å². The highest BCUT2D eigenvalue weighted by molar-refractivity contribution is 9.11. The molecule has 0 aliphatic rings. The summed E-state index contributed by atoms with van der Waals surface area (Å²) in [4.78, 5) is 5.52. The quantitative estimate of drug-likeness (QED) is 0.0510. The van der Waals surface area contributed by atoms with Crippen molar-refractivity contribution in [2.75, 3.05) is 120 Å². The molecule has 0 bridgehead atoms. The molecule has 14 heteroatoms. The van der Waals surface area contributed by atoms with Crippen LogP contribution in [0.5, 0.6) is 0 Å². The molecule has 0 spiro atoms. The molecule has 356 valence electrons. The number of hydrogen-bond donors (Lipinski definition) is 0. The molecular formula is C48H79BrO10S3. The largest absolute Gasteiger partial charge is 0.382 e. The smallest absolute Gasteiger partial charge is 0.0732 e. The Morgan fingerprint density at radius 1 is 0.419 bits per heavy atom. The van der Waals surface area contributed by atoms with E-state index in [0.29, 0.717) is 119 Å². The molecule has 3 aromatic heterocycles.